The van der Waals surface area contributed by atoms with Gasteiger partial charge in [0.2, 0.25) is 0 Å². The minimum Gasteiger partial charge on any atom is -0.497 e. The average Bonchev–Trinajstić information content (AvgIpc) is 3.00. The molecule has 1 aromatic carbocycles. The molecule has 0 saturated heterocycles. The van der Waals surface area contributed by atoms with Crippen LogP contribution in [0, 0.1) is 28.6 Å². The lowest BCUT2D eigenvalue weighted by Gasteiger charge is -2.48. The van der Waals surface area contributed by atoms with E-state index in [2.05, 4.69) is 6.92 Å². The summed E-state index contributed by atoms with van der Waals surface area (Å²) in [5.41, 5.74) is -3.22. The molecule has 0 aliphatic heterocycles. The van der Waals surface area contributed by atoms with Crippen molar-refractivity contribution in [2.24, 2.45) is 28.6 Å². The Morgan fingerprint density at radius 1 is 1.14 bits per heavy atom. The molecule has 0 heterocycles. The molecule has 7 nitrogen and oxygen atoms in total. The summed E-state index contributed by atoms with van der Waals surface area (Å²) in [5, 5.41) is 34.1. The van der Waals surface area contributed by atoms with Crippen molar-refractivity contribution in [3.63, 3.8) is 0 Å². The standard InChI is InChI=1S/C28H36O7/c1-15-13-27-17(3)11-16(2)26(4,5)21(23(27)31)12-19(14-29)22(30)28(27,33)24(15)35-25(32)18-7-9-20(34-6)10-8-18/h7-10,12-13,16-17,21-22,24,29-30,33H,11,14H2,1-6H3/t16-,17?,21+,22+,24-,27?,28-/m0/s1. The van der Waals surface area contributed by atoms with Gasteiger partial charge in [-0.15, -0.1) is 0 Å². The first-order valence-corrected chi connectivity index (χ1v) is 12.2. The molecule has 7 atom stereocenters. The molecule has 1 spiro atoms. The predicted molar refractivity (Wildman–Crippen MR) is 130 cm³/mol. The summed E-state index contributed by atoms with van der Waals surface area (Å²) >= 11 is 0. The summed E-state index contributed by atoms with van der Waals surface area (Å²) in [4.78, 5) is 27.5. The molecule has 4 rings (SSSR count). The maximum atomic E-state index is 14.4. The molecule has 35 heavy (non-hydrogen) atoms. The number of carbonyl (C=O) groups excluding carboxylic acids is 2. The van der Waals surface area contributed by atoms with Gasteiger partial charge in [0.15, 0.2) is 17.5 Å². The maximum absolute atomic E-state index is 14.4. The summed E-state index contributed by atoms with van der Waals surface area (Å²) in [6.07, 6.45) is 1.10. The molecule has 190 valence electrons. The number of esters is 1. The summed E-state index contributed by atoms with van der Waals surface area (Å²) in [7, 11) is 1.52. The zero-order chi connectivity index (χ0) is 25.9. The van der Waals surface area contributed by atoms with Crippen molar-refractivity contribution < 1.29 is 34.4 Å². The smallest absolute Gasteiger partial charge is 0.338 e. The number of Topliss-reactive ketones (excluding diaryl/α,β-unsaturated/α-hetero) is 1. The molecular weight excluding hydrogens is 448 g/mol. The van der Waals surface area contributed by atoms with Crippen LogP contribution in [-0.4, -0.2) is 58.6 Å². The summed E-state index contributed by atoms with van der Waals surface area (Å²) in [5.74, 6) is -1.19. The van der Waals surface area contributed by atoms with E-state index in [1.807, 2.05) is 20.8 Å². The van der Waals surface area contributed by atoms with Crippen LogP contribution in [0.1, 0.15) is 51.4 Å². The van der Waals surface area contributed by atoms with Crippen LogP contribution >= 0.6 is 0 Å². The average molecular weight is 485 g/mol. The molecule has 0 radical (unpaired) electrons. The number of ketones is 1. The Hall–Kier alpha value is -2.48. The van der Waals surface area contributed by atoms with Crippen molar-refractivity contribution in [3.05, 3.63) is 53.1 Å². The van der Waals surface area contributed by atoms with Crippen molar-refractivity contribution >= 4 is 11.8 Å². The van der Waals surface area contributed by atoms with Gasteiger partial charge >= 0.3 is 5.97 Å². The third-order valence-electron chi connectivity index (χ3n) is 9.06. The van der Waals surface area contributed by atoms with E-state index in [1.165, 1.54) is 7.11 Å². The van der Waals surface area contributed by atoms with Crippen LogP contribution in [0.3, 0.4) is 0 Å². The van der Waals surface area contributed by atoms with Gasteiger partial charge in [-0.2, -0.15) is 0 Å². The molecule has 1 saturated carbocycles. The number of ether oxygens (including phenoxy) is 2. The predicted octanol–water partition coefficient (Wildman–Crippen LogP) is 3.08. The Labute approximate surface area is 206 Å². The Balaban J connectivity index is 1.86. The van der Waals surface area contributed by atoms with Crippen LogP contribution in [0.5, 0.6) is 5.75 Å². The second-order valence-electron chi connectivity index (χ2n) is 11.1. The Morgan fingerprint density at radius 3 is 2.34 bits per heavy atom. The molecule has 2 bridgehead atoms. The number of hydrogen-bond acceptors (Lipinski definition) is 7. The van der Waals surface area contributed by atoms with Crippen LogP contribution in [-0.2, 0) is 9.53 Å². The molecule has 1 fully saturated rings. The monoisotopic (exact) mass is 484 g/mol. The van der Waals surface area contributed by atoms with E-state index >= 15 is 0 Å². The minimum absolute atomic E-state index is 0.121. The summed E-state index contributed by atoms with van der Waals surface area (Å²) in [6, 6.07) is 6.36. The van der Waals surface area contributed by atoms with E-state index in [0.717, 1.165) is 0 Å². The zero-order valence-electron chi connectivity index (χ0n) is 21.2. The quantitative estimate of drug-likeness (QED) is 0.445. The van der Waals surface area contributed by atoms with Gasteiger partial charge in [-0.3, -0.25) is 4.79 Å². The van der Waals surface area contributed by atoms with Crippen molar-refractivity contribution in [2.45, 2.75) is 58.8 Å². The van der Waals surface area contributed by atoms with Crippen LogP contribution in [0.2, 0.25) is 0 Å². The Kier molecular flexibility index (Phi) is 6.27. The molecular formula is C28H36O7. The van der Waals surface area contributed by atoms with Crippen molar-refractivity contribution in [2.75, 3.05) is 13.7 Å². The number of fused-ring (bicyclic) bond motifs is 1. The topological polar surface area (TPSA) is 113 Å². The Bertz CT molecular complexity index is 1090. The number of methoxy groups -OCH3 is 1. The number of rotatable bonds is 4. The van der Waals surface area contributed by atoms with E-state index < -0.39 is 47.1 Å². The van der Waals surface area contributed by atoms with E-state index in [0.29, 0.717) is 17.7 Å². The van der Waals surface area contributed by atoms with Gasteiger partial charge in [-0.05, 0) is 66.0 Å². The number of aliphatic hydroxyl groups is 3. The lowest BCUT2D eigenvalue weighted by Crippen LogP contribution is -2.65. The first-order chi connectivity index (χ1) is 16.4. The second-order valence-corrected chi connectivity index (χ2v) is 11.1. The van der Waals surface area contributed by atoms with Crippen molar-refractivity contribution in [1.29, 1.82) is 0 Å². The number of aliphatic hydroxyl groups excluding tert-OH is 2. The fourth-order valence-electron chi connectivity index (χ4n) is 6.56. The highest BCUT2D eigenvalue weighted by Crippen LogP contribution is 2.62. The van der Waals surface area contributed by atoms with E-state index in [9.17, 15) is 24.9 Å². The first-order valence-electron chi connectivity index (χ1n) is 12.2. The van der Waals surface area contributed by atoms with Gasteiger partial charge in [0.25, 0.3) is 0 Å². The van der Waals surface area contributed by atoms with Gasteiger partial charge in [-0.25, -0.2) is 4.79 Å². The number of benzene rings is 1. The highest BCUT2D eigenvalue weighted by Gasteiger charge is 2.73. The lowest BCUT2D eigenvalue weighted by molar-refractivity contribution is -0.190. The molecule has 1 aromatic rings. The van der Waals surface area contributed by atoms with Crippen molar-refractivity contribution in [1.82, 2.24) is 0 Å². The lowest BCUT2D eigenvalue weighted by atomic mass is 9.59. The van der Waals surface area contributed by atoms with E-state index in [4.69, 9.17) is 9.47 Å². The van der Waals surface area contributed by atoms with Gasteiger partial charge in [0.05, 0.1) is 24.7 Å². The van der Waals surface area contributed by atoms with Gasteiger partial charge in [0, 0.05) is 5.92 Å². The van der Waals surface area contributed by atoms with Gasteiger partial charge < -0.3 is 24.8 Å². The van der Waals surface area contributed by atoms with Crippen LogP contribution in [0.25, 0.3) is 0 Å². The normalized spacial score (nSPS) is 38.0. The summed E-state index contributed by atoms with van der Waals surface area (Å²) in [6.45, 7) is 9.21. The maximum Gasteiger partial charge on any atom is 0.338 e. The van der Waals surface area contributed by atoms with Crippen LogP contribution in [0.15, 0.2) is 47.6 Å². The van der Waals surface area contributed by atoms with E-state index in [1.54, 1.807) is 43.3 Å². The number of allylic oxidation sites excluding steroid dienone is 1. The highest BCUT2D eigenvalue weighted by atomic mass is 16.6. The molecule has 3 aliphatic carbocycles. The number of hydrogen-bond donors (Lipinski definition) is 3. The first kappa shape index (κ1) is 25.6. The molecule has 2 unspecified atom stereocenters. The fourth-order valence-corrected chi connectivity index (χ4v) is 6.56. The molecule has 0 aromatic heterocycles. The zero-order valence-corrected chi connectivity index (χ0v) is 21.2. The van der Waals surface area contributed by atoms with Gasteiger partial charge in [0.1, 0.15) is 11.9 Å². The number of carbonyl (C=O) groups is 2. The fraction of sp³-hybridized carbons (Fsp3) is 0.571. The van der Waals surface area contributed by atoms with Crippen LogP contribution < -0.4 is 4.74 Å². The second kappa shape index (κ2) is 8.57. The van der Waals surface area contributed by atoms with Crippen molar-refractivity contribution in [3.8, 4) is 5.75 Å². The minimum atomic E-state index is -2.17. The van der Waals surface area contributed by atoms with E-state index in [-0.39, 0.29) is 28.8 Å². The molecule has 0 amide bonds. The highest BCUT2D eigenvalue weighted by molar-refractivity contribution is 5.96. The Morgan fingerprint density at radius 2 is 1.77 bits per heavy atom. The van der Waals surface area contributed by atoms with Gasteiger partial charge in [-0.1, -0.05) is 39.8 Å². The van der Waals surface area contributed by atoms with Crippen LogP contribution in [0.4, 0.5) is 0 Å². The summed E-state index contributed by atoms with van der Waals surface area (Å²) < 4.78 is 11.0. The third-order valence-corrected chi connectivity index (χ3v) is 9.06. The largest absolute Gasteiger partial charge is 0.497 e. The molecule has 3 N–H and O–H groups in total. The third kappa shape index (κ3) is 3.43. The SMILES string of the molecule is COc1ccc(C(=O)O[C@H]2C(C)=CC34C(=O)[C@@H](C=C(CO)[C@@H](O)[C@]23O)C(C)(C)[C@@H](C)CC4C)cc1. The molecule has 3 aliphatic rings. The molecule has 7 heteroatoms.